The molecule has 0 aliphatic heterocycles. The Hall–Kier alpha value is -1.61. The first-order valence-corrected chi connectivity index (χ1v) is 7.36. The van der Waals surface area contributed by atoms with Gasteiger partial charge in [0.25, 0.3) is 0 Å². The summed E-state index contributed by atoms with van der Waals surface area (Å²) in [6, 6.07) is 0. The number of nitrogens with one attached hydrogen (secondary N) is 3. The molecule has 0 aliphatic rings. The SMILES string of the molecule is CC(C)CNC(=O)CCNS(=O)(=O)c1cn[nH]c1N. The molecular formula is C10H19N5O3S. The van der Waals surface area contributed by atoms with Gasteiger partial charge in [0, 0.05) is 19.5 Å². The van der Waals surface area contributed by atoms with Crippen LogP contribution in [0.25, 0.3) is 0 Å². The maximum atomic E-state index is 11.8. The monoisotopic (exact) mass is 289 g/mol. The first-order chi connectivity index (χ1) is 8.83. The van der Waals surface area contributed by atoms with Crippen LogP contribution in [0.3, 0.4) is 0 Å². The van der Waals surface area contributed by atoms with Crippen LogP contribution in [-0.2, 0) is 14.8 Å². The van der Waals surface area contributed by atoms with Crippen molar-refractivity contribution in [3.63, 3.8) is 0 Å². The average molecular weight is 289 g/mol. The molecular weight excluding hydrogens is 270 g/mol. The highest BCUT2D eigenvalue weighted by Crippen LogP contribution is 2.13. The Bertz CT molecular complexity index is 523. The van der Waals surface area contributed by atoms with Crippen LogP contribution in [-0.4, -0.2) is 37.6 Å². The van der Waals surface area contributed by atoms with Crippen LogP contribution in [0.5, 0.6) is 0 Å². The Labute approximate surface area is 112 Å². The van der Waals surface area contributed by atoms with E-state index in [4.69, 9.17) is 5.73 Å². The fourth-order valence-electron chi connectivity index (χ4n) is 1.28. The van der Waals surface area contributed by atoms with Gasteiger partial charge in [0.1, 0.15) is 10.7 Å². The van der Waals surface area contributed by atoms with Crippen molar-refractivity contribution in [1.82, 2.24) is 20.2 Å². The fourth-order valence-corrected chi connectivity index (χ4v) is 2.34. The summed E-state index contributed by atoms with van der Waals surface area (Å²) in [5.74, 6) is 0.125. The molecule has 0 aromatic carbocycles. The zero-order chi connectivity index (χ0) is 14.5. The number of H-pyrrole nitrogens is 1. The molecule has 19 heavy (non-hydrogen) atoms. The lowest BCUT2D eigenvalue weighted by Crippen LogP contribution is -2.32. The van der Waals surface area contributed by atoms with Crippen LogP contribution >= 0.6 is 0 Å². The van der Waals surface area contributed by atoms with E-state index in [1.165, 1.54) is 0 Å². The van der Waals surface area contributed by atoms with Gasteiger partial charge in [-0.1, -0.05) is 13.8 Å². The van der Waals surface area contributed by atoms with Crippen molar-refractivity contribution in [2.45, 2.75) is 25.2 Å². The third-order valence-corrected chi connectivity index (χ3v) is 3.76. The van der Waals surface area contributed by atoms with E-state index in [0.717, 1.165) is 6.20 Å². The summed E-state index contributed by atoms with van der Waals surface area (Å²) in [6.45, 7) is 4.53. The maximum absolute atomic E-state index is 11.8. The molecule has 0 aliphatic carbocycles. The maximum Gasteiger partial charge on any atom is 0.245 e. The van der Waals surface area contributed by atoms with Gasteiger partial charge in [0.2, 0.25) is 15.9 Å². The molecule has 8 nitrogen and oxygen atoms in total. The van der Waals surface area contributed by atoms with Gasteiger partial charge in [-0.15, -0.1) is 0 Å². The van der Waals surface area contributed by atoms with Gasteiger partial charge >= 0.3 is 0 Å². The topological polar surface area (TPSA) is 130 Å². The van der Waals surface area contributed by atoms with Gasteiger partial charge in [0.05, 0.1) is 6.20 Å². The second kappa shape index (κ2) is 6.53. The molecule has 0 unspecified atom stereocenters. The zero-order valence-corrected chi connectivity index (χ0v) is 11.8. The Kier molecular flexibility index (Phi) is 5.31. The number of anilines is 1. The number of amides is 1. The summed E-state index contributed by atoms with van der Waals surface area (Å²) in [7, 11) is -3.72. The van der Waals surface area contributed by atoms with E-state index >= 15 is 0 Å². The van der Waals surface area contributed by atoms with Gasteiger partial charge in [0.15, 0.2) is 0 Å². The van der Waals surface area contributed by atoms with E-state index in [-0.39, 0.29) is 29.6 Å². The van der Waals surface area contributed by atoms with Crippen LogP contribution in [0.15, 0.2) is 11.1 Å². The third-order valence-electron chi connectivity index (χ3n) is 2.27. The zero-order valence-electron chi connectivity index (χ0n) is 10.9. The second-order valence-electron chi connectivity index (χ2n) is 4.49. The number of hydrogen-bond donors (Lipinski definition) is 4. The second-order valence-corrected chi connectivity index (χ2v) is 6.23. The fraction of sp³-hybridized carbons (Fsp3) is 0.600. The van der Waals surface area contributed by atoms with Crippen molar-refractivity contribution in [3.05, 3.63) is 6.20 Å². The predicted molar refractivity (Wildman–Crippen MR) is 70.7 cm³/mol. The molecule has 1 aromatic rings. The van der Waals surface area contributed by atoms with Crippen molar-refractivity contribution in [2.24, 2.45) is 5.92 Å². The number of nitrogen functional groups attached to an aromatic ring is 1. The molecule has 0 spiro atoms. The van der Waals surface area contributed by atoms with Crippen LogP contribution < -0.4 is 15.8 Å². The Balaban J connectivity index is 2.41. The van der Waals surface area contributed by atoms with Crippen LogP contribution in [0.2, 0.25) is 0 Å². The number of carbonyl (C=O) groups excluding carboxylic acids is 1. The average Bonchev–Trinajstić information content (AvgIpc) is 2.73. The number of rotatable bonds is 7. The van der Waals surface area contributed by atoms with Crippen LogP contribution in [0.4, 0.5) is 5.82 Å². The molecule has 5 N–H and O–H groups in total. The molecule has 1 heterocycles. The summed E-state index contributed by atoms with van der Waals surface area (Å²) in [5.41, 5.74) is 5.42. The minimum atomic E-state index is -3.72. The van der Waals surface area contributed by atoms with E-state index < -0.39 is 10.0 Å². The minimum Gasteiger partial charge on any atom is -0.383 e. The highest BCUT2D eigenvalue weighted by Gasteiger charge is 2.19. The molecule has 0 saturated carbocycles. The van der Waals surface area contributed by atoms with Gasteiger partial charge in [-0.05, 0) is 5.92 Å². The van der Waals surface area contributed by atoms with E-state index in [2.05, 4.69) is 20.2 Å². The van der Waals surface area contributed by atoms with Gasteiger partial charge in [-0.25, -0.2) is 13.1 Å². The highest BCUT2D eigenvalue weighted by molar-refractivity contribution is 7.89. The summed E-state index contributed by atoms with van der Waals surface area (Å²) in [4.78, 5) is 11.3. The number of aromatic amines is 1. The lowest BCUT2D eigenvalue weighted by atomic mass is 10.2. The molecule has 0 fully saturated rings. The van der Waals surface area contributed by atoms with Gasteiger partial charge in [-0.3, -0.25) is 9.89 Å². The number of hydrogen-bond acceptors (Lipinski definition) is 5. The highest BCUT2D eigenvalue weighted by atomic mass is 32.2. The quantitative estimate of drug-likeness (QED) is 0.534. The van der Waals surface area contributed by atoms with Crippen LogP contribution in [0, 0.1) is 5.92 Å². The van der Waals surface area contributed by atoms with Crippen molar-refractivity contribution in [3.8, 4) is 0 Å². The molecule has 0 saturated heterocycles. The minimum absolute atomic E-state index is 0.0108. The Morgan fingerprint density at radius 3 is 2.74 bits per heavy atom. The molecule has 108 valence electrons. The van der Waals surface area contributed by atoms with E-state index in [1.807, 2.05) is 13.8 Å². The summed E-state index contributed by atoms with van der Waals surface area (Å²) in [5, 5.41) is 8.57. The standard InChI is InChI=1S/C10H19N5O3S/c1-7(2)5-12-9(16)3-4-14-19(17,18)8-6-13-15-10(8)11/h6-7,14H,3-5H2,1-2H3,(H,12,16)(H3,11,13,15). The predicted octanol–water partition coefficient (Wildman–Crippen LogP) is -0.567. The van der Waals surface area contributed by atoms with E-state index in [1.54, 1.807) is 0 Å². The normalized spacial score (nSPS) is 11.7. The molecule has 0 bridgehead atoms. The molecule has 0 radical (unpaired) electrons. The molecule has 1 aromatic heterocycles. The molecule has 1 amide bonds. The van der Waals surface area contributed by atoms with Gasteiger partial charge < -0.3 is 11.1 Å². The summed E-state index contributed by atoms with van der Waals surface area (Å²) in [6.07, 6.45) is 1.19. The number of nitrogens with zero attached hydrogens (tertiary/aromatic N) is 1. The lowest BCUT2D eigenvalue weighted by Gasteiger charge is -2.08. The number of nitrogens with two attached hydrogens (primary N) is 1. The van der Waals surface area contributed by atoms with E-state index in [9.17, 15) is 13.2 Å². The lowest BCUT2D eigenvalue weighted by molar-refractivity contribution is -0.121. The number of sulfonamides is 1. The van der Waals surface area contributed by atoms with Crippen molar-refractivity contribution < 1.29 is 13.2 Å². The third kappa shape index (κ3) is 4.87. The first-order valence-electron chi connectivity index (χ1n) is 5.88. The van der Waals surface area contributed by atoms with Crippen molar-refractivity contribution >= 4 is 21.7 Å². The Morgan fingerprint density at radius 1 is 1.53 bits per heavy atom. The van der Waals surface area contributed by atoms with Crippen LogP contribution in [0.1, 0.15) is 20.3 Å². The molecule has 0 atom stereocenters. The van der Waals surface area contributed by atoms with E-state index in [0.29, 0.717) is 12.5 Å². The van der Waals surface area contributed by atoms with Crippen molar-refractivity contribution in [2.75, 3.05) is 18.8 Å². The summed E-state index contributed by atoms with van der Waals surface area (Å²) >= 11 is 0. The largest absolute Gasteiger partial charge is 0.383 e. The molecule has 9 heteroatoms. The molecule has 1 rings (SSSR count). The number of carbonyl (C=O) groups is 1. The Morgan fingerprint density at radius 2 is 2.21 bits per heavy atom. The summed E-state index contributed by atoms with van der Waals surface area (Å²) < 4.78 is 25.8. The van der Waals surface area contributed by atoms with Gasteiger partial charge in [-0.2, -0.15) is 5.10 Å². The smallest absolute Gasteiger partial charge is 0.245 e. The number of aromatic nitrogens is 2. The van der Waals surface area contributed by atoms with Crippen molar-refractivity contribution in [1.29, 1.82) is 0 Å². The first kappa shape index (κ1) is 15.4.